The monoisotopic (exact) mass is 291 g/mol. The van der Waals surface area contributed by atoms with Gasteiger partial charge >= 0.3 is 0 Å². The minimum absolute atomic E-state index is 0.160. The van der Waals surface area contributed by atoms with E-state index in [1.54, 1.807) is 0 Å². The molecule has 0 bridgehead atoms. The van der Waals surface area contributed by atoms with Gasteiger partial charge in [-0.2, -0.15) is 0 Å². The van der Waals surface area contributed by atoms with Gasteiger partial charge in [-0.25, -0.2) is 0 Å². The predicted molar refractivity (Wildman–Crippen MR) is 81.5 cm³/mol. The van der Waals surface area contributed by atoms with Gasteiger partial charge in [0.15, 0.2) is 0 Å². The Morgan fingerprint density at radius 2 is 1.86 bits per heavy atom. The Labute approximate surface area is 126 Å². The molecule has 1 aromatic carbocycles. The Balaban J connectivity index is 1.40. The van der Waals surface area contributed by atoms with E-state index in [-0.39, 0.29) is 12.1 Å². The molecule has 0 saturated heterocycles. The van der Waals surface area contributed by atoms with E-state index in [4.69, 9.17) is 9.47 Å². The van der Waals surface area contributed by atoms with Crippen molar-refractivity contribution in [3.05, 3.63) is 30.3 Å². The third-order valence-corrected chi connectivity index (χ3v) is 4.31. The van der Waals surface area contributed by atoms with Crippen LogP contribution >= 0.6 is 0 Å². The van der Waals surface area contributed by atoms with Gasteiger partial charge in [0.1, 0.15) is 12.4 Å². The van der Waals surface area contributed by atoms with Crippen LogP contribution in [-0.4, -0.2) is 43.1 Å². The number of rotatable bonds is 10. The molecule has 4 nitrogen and oxygen atoms in total. The zero-order valence-corrected chi connectivity index (χ0v) is 12.5. The van der Waals surface area contributed by atoms with Crippen molar-refractivity contribution in [3.8, 4) is 5.75 Å². The van der Waals surface area contributed by atoms with Crippen LogP contribution in [0.25, 0.3) is 0 Å². The SMILES string of the molecule is OCC(COCCOc1ccccc1)(NC1CC1)C1CC1. The van der Waals surface area contributed by atoms with E-state index in [0.717, 1.165) is 5.75 Å². The van der Waals surface area contributed by atoms with Crippen LogP contribution in [0.5, 0.6) is 5.75 Å². The molecule has 2 N–H and O–H groups in total. The number of aliphatic hydroxyl groups excluding tert-OH is 1. The van der Waals surface area contributed by atoms with Crippen LogP contribution in [0.1, 0.15) is 25.7 Å². The van der Waals surface area contributed by atoms with E-state index in [1.165, 1.54) is 25.7 Å². The molecule has 21 heavy (non-hydrogen) atoms. The highest BCUT2D eigenvalue weighted by atomic mass is 16.5. The molecular formula is C17H25NO3. The first kappa shape index (κ1) is 14.8. The minimum Gasteiger partial charge on any atom is -0.491 e. The van der Waals surface area contributed by atoms with E-state index in [1.807, 2.05) is 30.3 Å². The van der Waals surface area contributed by atoms with Crippen LogP contribution in [0.4, 0.5) is 0 Å². The summed E-state index contributed by atoms with van der Waals surface area (Å²) in [7, 11) is 0. The van der Waals surface area contributed by atoms with Gasteiger partial charge in [-0.1, -0.05) is 18.2 Å². The Kier molecular flexibility index (Phi) is 4.78. The number of hydrogen-bond acceptors (Lipinski definition) is 4. The molecule has 2 aliphatic rings. The first-order valence-electron chi connectivity index (χ1n) is 7.96. The zero-order valence-electron chi connectivity index (χ0n) is 12.5. The number of aliphatic hydroxyl groups is 1. The molecule has 0 spiro atoms. The van der Waals surface area contributed by atoms with Crippen LogP contribution in [-0.2, 0) is 4.74 Å². The van der Waals surface area contributed by atoms with Gasteiger partial charge < -0.3 is 19.9 Å². The largest absolute Gasteiger partial charge is 0.491 e. The third kappa shape index (κ3) is 4.19. The van der Waals surface area contributed by atoms with Crippen LogP contribution in [0.3, 0.4) is 0 Å². The summed E-state index contributed by atoms with van der Waals surface area (Å²) in [6.45, 7) is 1.83. The summed E-state index contributed by atoms with van der Waals surface area (Å²) in [5.74, 6) is 1.44. The highest BCUT2D eigenvalue weighted by Gasteiger charge is 2.47. The summed E-state index contributed by atoms with van der Waals surface area (Å²) >= 11 is 0. The van der Waals surface area contributed by atoms with E-state index >= 15 is 0 Å². The molecule has 4 heteroatoms. The molecule has 1 atom stereocenters. The Bertz CT molecular complexity index is 431. The van der Waals surface area contributed by atoms with Crippen LogP contribution < -0.4 is 10.1 Å². The number of ether oxygens (including phenoxy) is 2. The number of benzene rings is 1. The highest BCUT2D eigenvalue weighted by Crippen LogP contribution is 2.41. The average molecular weight is 291 g/mol. The number of para-hydroxylation sites is 1. The fraction of sp³-hybridized carbons (Fsp3) is 0.647. The van der Waals surface area contributed by atoms with E-state index in [2.05, 4.69) is 5.32 Å². The first-order valence-corrected chi connectivity index (χ1v) is 7.96. The first-order chi connectivity index (χ1) is 10.3. The minimum atomic E-state index is -0.228. The summed E-state index contributed by atoms with van der Waals surface area (Å²) in [6.07, 6.45) is 4.85. The molecule has 0 amide bonds. The second kappa shape index (κ2) is 6.77. The topological polar surface area (TPSA) is 50.7 Å². The Morgan fingerprint density at radius 1 is 1.10 bits per heavy atom. The van der Waals surface area contributed by atoms with Gasteiger partial charge in [-0.05, 0) is 43.7 Å². The molecule has 116 valence electrons. The Hall–Kier alpha value is -1.10. The van der Waals surface area contributed by atoms with Crippen molar-refractivity contribution in [2.75, 3.05) is 26.4 Å². The van der Waals surface area contributed by atoms with Crippen molar-refractivity contribution < 1.29 is 14.6 Å². The lowest BCUT2D eigenvalue weighted by atomic mass is 9.95. The molecule has 2 fully saturated rings. The summed E-state index contributed by atoms with van der Waals surface area (Å²) < 4.78 is 11.4. The average Bonchev–Trinajstić information content (AvgIpc) is 3.39. The zero-order chi connectivity index (χ0) is 14.5. The van der Waals surface area contributed by atoms with Crippen molar-refractivity contribution in [1.29, 1.82) is 0 Å². The number of hydrogen-bond donors (Lipinski definition) is 2. The normalized spacial score (nSPS) is 21.0. The van der Waals surface area contributed by atoms with Crippen LogP contribution in [0, 0.1) is 5.92 Å². The molecule has 1 aromatic rings. The maximum Gasteiger partial charge on any atom is 0.119 e. The van der Waals surface area contributed by atoms with E-state index in [0.29, 0.717) is 31.8 Å². The lowest BCUT2D eigenvalue weighted by Gasteiger charge is -2.33. The molecule has 0 aromatic heterocycles. The quantitative estimate of drug-likeness (QED) is 0.647. The number of nitrogens with one attached hydrogen (secondary N) is 1. The maximum absolute atomic E-state index is 9.82. The molecule has 0 radical (unpaired) electrons. The smallest absolute Gasteiger partial charge is 0.119 e. The molecule has 2 saturated carbocycles. The predicted octanol–water partition coefficient (Wildman–Crippen LogP) is 1.98. The van der Waals surface area contributed by atoms with Gasteiger partial charge in [0.2, 0.25) is 0 Å². The summed E-state index contributed by atoms with van der Waals surface area (Å²) in [5, 5.41) is 13.4. The molecule has 0 aliphatic heterocycles. The standard InChI is InChI=1S/C17H25NO3/c19-12-17(14-6-7-14,18-15-8-9-15)13-20-10-11-21-16-4-2-1-3-5-16/h1-5,14-15,18-19H,6-13H2. The van der Waals surface area contributed by atoms with Crippen molar-refractivity contribution in [2.45, 2.75) is 37.3 Å². The van der Waals surface area contributed by atoms with Crippen molar-refractivity contribution in [3.63, 3.8) is 0 Å². The molecule has 1 unspecified atom stereocenters. The molecule has 3 rings (SSSR count). The van der Waals surface area contributed by atoms with Crippen molar-refractivity contribution >= 4 is 0 Å². The lowest BCUT2D eigenvalue weighted by Crippen LogP contribution is -2.55. The van der Waals surface area contributed by atoms with Gasteiger partial charge in [0.25, 0.3) is 0 Å². The lowest BCUT2D eigenvalue weighted by molar-refractivity contribution is 0.0123. The summed E-state index contributed by atoms with van der Waals surface area (Å²) in [5.41, 5.74) is -0.228. The van der Waals surface area contributed by atoms with E-state index in [9.17, 15) is 5.11 Å². The molecule has 2 aliphatic carbocycles. The fourth-order valence-electron chi connectivity index (χ4n) is 2.76. The Morgan fingerprint density at radius 3 is 2.48 bits per heavy atom. The fourth-order valence-corrected chi connectivity index (χ4v) is 2.76. The summed E-state index contributed by atoms with van der Waals surface area (Å²) in [4.78, 5) is 0. The highest BCUT2D eigenvalue weighted by molar-refractivity contribution is 5.20. The van der Waals surface area contributed by atoms with Gasteiger partial charge in [-0.15, -0.1) is 0 Å². The van der Waals surface area contributed by atoms with Crippen molar-refractivity contribution in [1.82, 2.24) is 5.32 Å². The van der Waals surface area contributed by atoms with Gasteiger partial charge in [0, 0.05) is 6.04 Å². The maximum atomic E-state index is 9.82. The van der Waals surface area contributed by atoms with Crippen LogP contribution in [0.2, 0.25) is 0 Å². The van der Waals surface area contributed by atoms with E-state index < -0.39 is 0 Å². The molecular weight excluding hydrogens is 266 g/mol. The van der Waals surface area contributed by atoms with Crippen LogP contribution in [0.15, 0.2) is 30.3 Å². The summed E-state index contributed by atoms with van der Waals surface area (Å²) in [6, 6.07) is 10.4. The van der Waals surface area contributed by atoms with Gasteiger partial charge in [-0.3, -0.25) is 0 Å². The van der Waals surface area contributed by atoms with Crippen molar-refractivity contribution in [2.24, 2.45) is 5.92 Å². The van der Waals surface area contributed by atoms with Gasteiger partial charge in [0.05, 0.1) is 25.4 Å². The molecule has 0 heterocycles. The second-order valence-electron chi connectivity index (χ2n) is 6.22. The second-order valence-corrected chi connectivity index (χ2v) is 6.22. The third-order valence-electron chi connectivity index (χ3n) is 4.31.